The number of fused-ring (bicyclic) bond motifs is 1. The Bertz CT molecular complexity index is 1450. The second-order valence-corrected chi connectivity index (χ2v) is 13.2. The maximum Gasteiger partial charge on any atom is 0.416 e. The fourth-order valence-electron chi connectivity index (χ4n) is 7.19. The van der Waals surface area contributed by atoms with E-state index in [1.54, 1.807) is 17.0 Å². The summed E-state index contributed by atoms with van der Waals surface area (Å²) in [7, 11) is 0. The van der Waals surface area contributed by atoms with Gasteiger partial charge in [-0.2, -0.15) is 13.2 Å². The summed E-state index contributed by atoms with van der Waals surface area (Å²) in [5.41, 5.74) is 4.22. The average molecular weight is 580 g/mol. The standard InChI is InChI=1S/C33H36F3N3O3/c1-31(2)12-14-32(15-13-31)20-38(18-21-3-6-24(7-4-21)33(34,35)36)16-11-26(32)22-5-8-25-23(17-22)19-39(30(25)42)27-9-10-28(40)37-29(27)41/h3-8,11,17,27H,9-10,12-16,18-20H2,1-2H3,(H,37,40,41). The van der Waals surface area contributed by atoms with Gasteiger partial charge < -0.3 is 4.90 Å². The van der Waals surface area contributed by atoms with Crippen molar-refractivity contribution in [3.63, 3.8) is 0 Å². The molecule has 1 aliphatic carbocycles. The summed E-state index contributed by atoms with van der Waals surface area (Å²) in [6.45, 7) is 7.01. The van der Waals surface area contributed by atoms with Crippen LogP contribution in [0.5, 0.6) is 0 Å². The molecule has 1 atom stereocenters. The molecule has 222 valence electrons. The number of piperidine rings is 1. The normalized spacial score (nSPS) is 24.0. The Labute approximate surface area is 243 Å². The topological polar surface area (TPSA) is 69.7 Å². The second kappa shape index (κ2) is 10.4. The molecule has 1 unspecified atom stereocenters. The van der Waals surface area contributed by atoms with Crippen molar-refractivity contribution in [3.05, 3.63) is 76.4 Å². The van der Waals surface area contributed by atoms with E-state index in [-0.39, 0.29) is 29.1 Å². The fourth-order valence-corrected chi connectivity index (χ4v) is 7.19. The Morgan fingerprint density at radius 3 is 2.36 bits per heavy atom. The van der Waals surface area contributed by atoms with Gasteiger partial charge in [0.2, 0.25) is 11.8 Å². The van der Waals surface area contributed by atoms with Crippen LogP contribution in [0.1, 0.15) is 85.0 Å². The number of imide groups is 1. The maximum absolute atomic E-state index is 13.2. The van der Waals surface area contributed by atoms with Crippen molar-refractivity contribution in [2.24, 2.45) is 10.8 Å². The third-order valence-corrected chi connectivity index (χ3v) is 9.73. The van der Waals surface area contributed by atoms with E-state index in [1.807, 2.05) is 12.1 Å². The van der Waals surface area contributed by atoms with Gasteiger partial charge in [-0.25, -0.2) is 0 Å². The highest BCUT2D eigenvalue weighted by atomic mass is 19.4. The molecule has 6 rings (SSSR count). The molecule has 0 bridgehead atoms. The van der Waals surface area contributed by atoms with Crippen molar-refractivity contribution in [3.8, 4) is 0 Å². The Morgan fingerprint density at radius 2 is 1.69 bits per heavy atom. The van der Waals surface area contributed by atoms with Crippen LogP contribution in [0, 0.1) is 10.8 Å². The highest BCUT2D eigenvalue weighted by molar-refractivity contribution is 6.05. The molecule has 1 saturated heterocycles. The molecule has 3 amide bonds. The van der Waals surface area contributed by atoms with Crippen LogP contribution < -0.4 is 5.32 Å². The molecule has 6 nitrogen and oxygen atoms in total. The lowest BCUT2D eigenvalue weighted by Crippen LogP contribution is -2.52. The van der Waals surface area contributed by atoms with Crippen LogP contribution in [0.25, 0.3) is 5.57 Å². The molecule has 3 heterocycles. The van der Waals surface area contributed by atoms with Crippen molar-refractivity contribution in [2.45, 2.75) is 77.7 Å². The smallest absolute Gasteiger partial charge is 0.322 e. The van der Waals surface area contributed by atoms with E-state index < -0.39 is 23.7 Å². The number of rotatable bonds is 4. The Balaban J connectivity index is 1.26. The zero-order chi connectivity index (χ0) is 29.9. The molecule has 1 N–H and O–H groups in total. The van der Waals surface area contributed by atoms with Crippen LogP contribution >= 0.6 is 0 Å². The zero-order valence-corrected chi connectivity index (χ0v) is 24.0. The molecule has 0 aromatic heterocycles. The van der Waals surface area contributed by atoms with Crippen molar-refractivity contribution >= 4 is 23.3 Å². The molecular weight excluding hydrogens is 543 g/mol. The quantitative estimate of drug-likeness (QED) is 0.455. The third kappa shape index (κ3) is 5.39. The number of hydrogen-bond acceptors (Lipinski definition) is 4. The predicted molar refractivity (Wildman–Crippen MR) is 152 cm³/mol. The van der Waals surface area contributed by atoms with Gasteiger partial charge in [0.15, 0.2) is 0 Å². The van der Waals surface area contributed by atoms with Crippen LogP contribution in [0.4, 0.5) is 13.2 Å². The summed E-state index contributed by atoms with van der Waals surface area (Å²) in [6.07, 6.45) is 2.63. The zero-order valence-electron chi connectivity index (χ0n) is 24.0. The van der Waals surface area contributed by atoms with Crippen LogP contribution in [0.15, 0.2) is 48.5 Å². The molecule has 42 heavy (non-hydrogen) atoms. The highest BCUT2D eigenvalue weighted by Gasteiger charge is 2.45. The SMILES string of the molecule is CC1(C)CCC2(CC1)CN(Cc1ccc(C(F)(F)F)cc1)CC=C2c1ccc2c(c1)CN(C1CCC(=O)NC1=O)C2=O. The summed E-state index contributed by atoms with van der Waals surface area (Å²) >= 11 is 0. The number of nitrogens with one attached hydrogen (secondary N) is 1. The Kier molecular flexibility index (Phi) is 7.07. The van der Waals surface area contributed by atoms with Gasteiger partial charge in [0.05, 0.1) is 5.56 Å². The van der Waals surface area contributed by atoms with Gasteiger partial charge >= 0.3 is 6.18 Å². The van der Waals surface area contributed by atoms with E-state index in [4.69, 9.17) is 0 Å². The lowest BCUT2D eigenvalue weighted by molar-refractivity contribution is -0.138. The van der Waals surface area contributed by atoms with E-state index >= 15 is 0 Å². The van der Waals surface area contributed by atoms with Crippen LogP contribution in [0.3, 0.4) is 0 Å². The minimum atomic E-state index is -4.35. The van der Waals surface area contributed by atoms with Crippen LogP contribution in [-0.4, -0.2) is 46.7 Å². The first kappa shape index (κ1) is 28.6. The van der Waals surface area contributed by atoms with Gasteiger partial charge in [-0.05, 0) is 84.0 Å². The summed E-state index contributed by atoms with van der Waals surface area (Å²) in [5, 5.41) is 2.36. The molecule has 2 aromatic carbocycles. The molecule has 3 aliphatic heterocycles. The number of benzene rings is 2. The van der Waals surface area contributed by atoms with Gasteiger partial charge in [-0.3, -0.25) is 24.6 Å². The first-order valence-corrected chi connectivity index (χ1v) is 14.7. The maximum atomic E-state index is 13.2. The van der Waals surface area contributed by atoms with Crippen molar-refractivity contribution in [1.29, 1.82) is 0 Å². The predicted octanol–water partition coefficient (Wildman–Crippen LogP) is 5.95. The van der Waals surface area contributed by atoms with Gasteiger partial charge in [0.25, 0.3) is 5.91 Å². The molecule has 1 spiro atoms. The van der Waals surface area contributed by atoms with Crippen LogP contribution in [-0.2, 0) is 28.9 Å². The van der Waals surface area contributed by atoms with E-state index in [0.717, 1.165) is 61.1 Å². The van der Waals surface area contributed by atoms with Gasteiger partial charge in [-0.1, -0.05) is 38.1 Å². The molecule has 9 heteroatoms. The van der Waals surface area contributed by atoms with Gasteiger partial charge in [-0.15, -0.1) is 0 Å². The Hall–Kier alpha value is -3.46. The van der Waals surface area contributed by atoms with Crippen molar-refractivity contribution in [1.82, 2.24) is 15.1 Å². The summed E-state index contributed by atoms with van der Waals surface area (Å²) in [6, 6.07) is 10.8. The molecule has 2 aromatic rings. The van der Waals surface area contributed by atoms with Crippen molar-refractivity contribution < 1.29 is 27.6 Å². The Morgan fingerprint density at radius 1 is 0.976 bits per heavy atom. The minimum Gasteiger partial charge on any atom is -0.322 e. The van der Waals surface area contributed by atoms with E-state index in [9.17, 15) is 27.6 Å². The highest BCUT2D eigenvalue weighted by Crippen LogP contribution is 2.54. The fraction of sp³-hybridized carbons (Fsp3) is 0.485. The molecule has 2 fully saturated rings. The van der Waals surface area contributed by atoms with E-state index in [1.165, 1.54) is 5.57 Å². The molecule has 4 aliphatic rings. The number of halogens is 3. The van der Waals surface area contributed by atoms with Gasteiger partial charge in [0, 0.05) is 43.6 Å². The van der Waals surface area contributed by atoms with E-state index in [0.29, 0.717) is 31.6 Å². The van der Waals surface area contributed by atoms with Crippen LogP contribution in [0.2, 0.25) is 0 Å². The number of alkyl halides is 3. The first-order valence-electron chi connectivity index (χ1n) is 14.7. The third-order valence-electron chi connectivity index (χ3n) is 9.73. The molecule has 0 radical (unpaired) electrons. The second-order valence-electron chi connectivity index (χ2n) is 13.2. The molecule has 1 saturated carbocycles. The number of hydrogen-bond donors (Lipinski definition) is 1. The van der Waals surface area contributed by atoms with Gasteiger partial charge in [0.1, 0.15) is 6.04 Å². The number of carbonyl (C=O) groups is 3. The molecular formula is C33H36F3N3O3. The minimum absolute atomic E-state index is 0.0974. The van der Waals surface area contributed by atoms with Crippen molar-refractivity contribution in [2.75, 3.05) is 13.1 Å². The lowest BCUT2D eigenvalue weighted by atomic mass is 9.60. The van der Waals surface area contributed by atoms with E-state index in [2.05, 4.69) is 36.2 Å². The summed E-state index contributed by atoms with van der Waals surface area (Å²) in [5.74, 6) is -0.902. The first-order chi connectivity index (χ1) is 19.8. The average Bonchev–Trinajstić information content (AvgIpc) is 3.26. The number of nitrogens with zero attached hydrogens (tertiary/aromatic N) is 2. The monoisotopic (exact) mass is 579 g/mol. The summed E-state index contributed by atoms with van der Waals surface area (Å²) in [4.78, 5) is 41.3. The number of amides is 3. The number of carbonyl (C=O) groups excluding carboxylic acids is 3. The summed E-state index contributed by atoms with van der Waals surface area (Å²) < 4.78 is 39.2. The lowest BCUT2D eigenvalue weighted by Gasteiger charge is -2.50. The largest absolute Gasteiger partial charge is 0.416 e.